The molecule has 0 aliphatic carbocycles. The first kappa shape index (κ1) is 17.9. The zero-order valence-corrected chi connectivity index (χ0v) is 16.0. The lowest BCUT2D eigenvalue weighted by Crippen LogP contribution is -2.37. The second-order valence-electron chi connectivity index (χ2n) is 7.30. The van der Waals surface area contributed by atoms with E-state index in [1.807, 2.05) is 22.2 Å². The minimum atomic E-state index is 0.503. The maximum atomic E-state index is 6.35. The summed E-state index contributed by atoms with van der Waals surface area (Å²) in [6.45, 7) is 8.74. The van der Waals surface area contributed by atoms with E-state index in [0.717, 1.165) is 11.4 Å². The van der Waals surface area contributed by atoms with E-state index in [2.05, 4.69) is 76.2 Å². The zero-order chi connectivity index (χ0) is 18.8. The van der Waals surface area contributed by atoms with Crippen molar-refractivity contribution in [2.24, 2.45) is 11.5 Å². The van der Waals surface area contributed by atoms with Gasteiger partial charge in [0, 0.05) is 23.8 Å². The number of hydrogen-bond acceptors (Lipinski definition) is 4. The van der Waals surface area contributed by atoms with Crippen molar-refractivity contribution in [1.82, 2.24) is 0 Å². The van der Waals surface area contributed by atoms with Gasteiger partial charge in [-0.15, -0.1) is 0 Å². The largest absolute Gasteiger partial charge is 0.382 e. The van der Waals surface area contributed by atoms with Gasteiger partial charge in [-0.25, -0.2) is 0 Å². The minimum absolute atomic E-state index is 0.503. The fraction of sp³-hybridized carbons (Fsp3) is 0.273. The van der Waals surface area contributed by atoms with Crippen LogP contribution >= 0.6 is 0 Å². The van der Waals surface area contributed by atoms with E-state index in [9.17, 15) is 0 Å². The van der Waals surface area contributed by atoms with Gasteiger partial charge in [-0.05, 0) is 47.2 Å². The topological polar surface area (TPSA) is 58.5 Å². The van der Waals surface area contributed by atoms with E-state index in [1.54, 1.807) is 0 Å². The lowest BCUT2D eigenvalue weighted by atomic mass is 10.0. The van der Waals surface area contributed by atoms with Gasteiger partial charge in [-0.3, -0.25) is 9.80 Å². The SMILES string of the molecule is CC(C)c1ccc(N2C=CN(c3ccc(C(C)C)cc3)C(N)=C2N)cc1. The molecule has 0 bridgehead atoms. The summed E-state index contributed by atoms with van der Waals surface area (Å²) in [4.78, 5) is 3.83. The molecule has 3 rings (SSSR count). The van der Waals surface area contributed by atoms with Gasteiger partial charge >= 0.3 is 0 Å². The van der Waals surface area contributed by atoms with Crippen LogP contribution in [0.4, 0.5) is 11.4 Å². The van der Waals surface area contributed by atoms with Crippen LogP contribution in [-0.4, -0.2) is 0 Å². The first-order valence-electron chi connectivity index (χ1n) is 9.10. The third-order valence-electron chi connectivity index (χ3n) is 4.82. The molecule has 0 unspecified atom stereocenters. The molecular formula is C22H28N4. The van der Waals surface area contributed by atoms with Crippen molar-refractivity contribution in [3.63, 3.8) is 0 Å². The van der Waals surface area contributed by atoms with Gasteiger partial charge in [0.05, 0.1) is 0 Å². The normalized spacial score (nSPS) is 14.7. The van der Waals surface area contributed by atoms with Gasteiger partial charge in [-0.1, -0.05) is 52.0 Å². The molecule has 4 N–H and O–H groups in total. The average Bonchev–Trinajstić information content (AvgIpc) is 2.64. The van der Waals surface area contributed by atoms with E-state index in [4.69, 9.17) is 11.5 Å². The lowest BCUT2D eigenvalue weighted by molar-refractivity contribution is 0.864. The molecule has 2 aromatic rings. The molecule has 0 saturated carbocycles. The maximum absolute atomic E-state index is 6.35. The third kappa shape index (κ3) is 3.40. The molecule has 0 atom stereocenters. The van der Waals surface area contributed by atoms with Crippen LogP contribution in [0.1, 0.15) is 50.7 Å². The first-order chi connectivity index (χ1) is 12.4. The molecule has 136 valence electrons. The highest BCUT2D eigenvalue weighted by Crippen LogP contribution is 2.29. The highest BCUT2D eigenvalue weighted by atomic mass is 15.3. The van der Waals surface area contributed by atoms with Crippen molar-refractivity contribution in [2.75, 3.05) is 9.80 Å². The summed E-state index contributed by atoms with van der Waals surface area (Å²) >= 11 is 0. The maximum Gasteiger partial charge on any atom is 0.149 e. The Kier molecular flexibility index (Phi) is 4.94. The van der Waals surface area contributed by atoms with Gasteiger partial charge in [0.15, 0.2) is 0 Å². The third-order valence-corrected chi connectivity index (χ3v) is 4.82. The molecule has 1 heterocycles. The van der Waals surface area contributed by atoms with Crippen molar-refractivity contribution in [3.8, 4) is 0 Å². The molecule has 1 aliphatic rings. The van der Waals surface area contributed by atoms with Gasteiger partial charge in [0.1, 0.15) is 11.6 Å². The van der Waals surface area contributed by atoms with Crippen LogP contribution in [0.3, 0.4) is 0 Å². The Hall–Kier alpha value is -2.88. The summed E-state index contributed by atoms with van der Waals surface area (Å²) in [7, 11) is 0. The van der Waals surface area contributed by atoms with Gasteiger partial charge in [0.25, 0.3) is 0 Å². The molecule has 0 spiro atoms. The number of hydrogen-bond donors (Lipinski definition) is 2. The van der Waals surface area contributed by atoms with E-state index in [0.29, 0.717) is 23.5 Å². The molecule has 1 aliphatic heterocycles. The summed E-state index contributed by atoms with van der Waals surface area (Å²) in [6.07, 6.45) is 3.90. The van der Waals surface area contributed by atoms with E-state index < -0.39 is 0 Å². The Morgan fingerprint density at radius 3 is 1.15 bits per heavy atom. The van der Waals surface area contributed by atoms with Crippen molar-refractivity contribution in [2.45, 2.75) is 39.5 Å². The Labute approximate surface area is 156 Å². The van der Waals surface area contributed by atoms with E-state index >= 15 is 0 Å². The first-order valence-corrected chi connectivity index (χ1v) is 9.10. The van der Waals surface area contributed by atoms with Crippen LogP contribution in [0, 0.1) is 0 Å². The summed E-state index contributed by atoms with van der Waals surface area (Å²) in [5.74, 6) is 2.06. The molecule has 4 nitrogen and oxygen atoms in total. The van der Waals surface area contributed by atoms with Gasteiger partial charge < -0.3 is 11.5 Å². The molecule has 0 amide bonds. The highest BCUT2D eigenvalue weighted by Gasteiger charge is 2.20. The fourth-order valence-corrected chi connectivity index (χ4v) is 3.03. The molecule has 0 saturated heterocycles. The van der Waals surface area contributed by atoms with Crippen LogP contribution in [0.15, 0.2) is 72.6 Å². The second-order valence-corrected chi connectivity index (χ2v) is 7.30. The quantitative estimate of drug-likeness (QED) is 0.835. The second kappa shape index (κ2) is 7.16. The zero-order valence-electron chi connectivity index (χ0n) is 16.0. The van der Waals surface area contributed by atoms with Crippen molar-refractivity contribution >= 4 is 11.4 Å². The number of anilines is 2. The van der Waals surface area contributed by atoms with E-state index in [1.165, 1.54) is 11.1 Å². The van der Waals surface area contributed by atoms with Crippen LogP contribution in [0.25, 0.3) is 0 Å². The molecule has 0 radical (unpaired) electrons. The van der Waals surface area contributed by atoms with Gasteiger partial charge in [0.2, 0.25) is 0 Å². The Bertz CT molecular complexity index is 745. The number of benzene rings is 2. The highest BCUT2D eigenvalue weighted by molar-refractivity contribution is 5.64. The van der Waals surface area contributed by atoms with Crippen LogP contribution in [-0.2, 0) is 0 Å². The Morgan fingerprint density at radius 2 is 0.885 bits per heavy atom. The predicted octanol–water partition coefficient (Wildman–Crippen LogP) is 4.78. The molecular weight excluding hydrogens is 320 g/mol. The minimum Gasteiger partial charge on any atom is -0.382 e. The van der Waals surface area contributed by atoms with Crippen LogP contribution < -0.4 is 21.3 Å². The number of rotatable bonds is 4. The number of nitrogens with two attached hydrogens (primary N) is 2. The van der Waals surface area contributed by atoms with Crippen molar-refractivity contribution in [3.05, 3.63) is 83.7 Å². The number of nitrogens with zero attached hydrogens (tertiary/aromatic N) is 2. The van der Waals surface area contributed by atoms with Crippen LogP contribution in [0.5, 0.6) is 0 Å². The van der Waals surface area contributed by atoms with E-state index in [-0.39, 0.29) is 0 Å². The summed E-state index contributed by atoms with van der Waals surface area (Å²) in [5.41, 5.74) is 17.3. The van der Waals surface area contributed by atoms with Crippen LogP contribution in [0.2, 0.25) is 0 Å². The average molecular weight is 348 g/mol. The molecule has 2 aromatic carbocycles. The van der Waals surface area contributed by atoms with Crippen molar-refractivity contribution in [1.29, 1.82) is 0 Å². The monoisotopic (exact) mass is 348 g/mol. The summed E-state index contributed by atoms with van der Waals surface area (Å²) in [6, 6.07) is 16.8. The fourth-order valence-electron chi connectivity index (χ4n) is 3.03. The summed E-state index contributed by atoms with van der Waals surface area (Å²) < 4.78 is 0. The lowest BCUT2D eigenvalue weighted by Gasteiger charge is -2.32. The standard InChI is InChI=1S/C22H28N4/c1-15(2)17-5-9-19(10-6-17)25-13-14-26(22(24)21(25)23)20-11-7-18(8-12-20)16(3)4/h5-16H,23-24H2,1-4H3. The molecule has 0 aromatic heterocycles. The Morgan fingerprint density at radius 1 is 0.577 bits per heavy atom. The van der Waals surface area contributed by atoms with Gasteiger partial charge in [-0.2, -0.15) is 0 Å². The molecule has 0 fully saturated rings. The smallest absolute Gasteiger partial charge is 0.149 e. The summed E-state index contributed by atoms with van der Waals surface area (Å²) in [5, 5.41) is 0. The van der Waals surface area contributed by atoms with Crippen molar-refractivity contribution < 1.29 is 0 Å². The Balaban J connectivity index is 1.85. The molecule has 26 heavy (non-hydrogen) atoms. The molecule has 4 heteroatoms. The predicted molar refractivity (Wildman–Crippen MR) is 111 cm³/mol.